The van der Waals surface area contributed by atoms with Crippen molar-refractivity contribution >= 4 is 22.8 Å². The minimum absolute atomic E-state index is 0.127. The minimum Gasteiger partial charge on any atom is -0.323 e. The van der Waals surface area contributed by atoms with Gasteiger partial charge in [0.2, 0.25) is 0 Å². The van der Waals surface area contributed by atoms with Crippen molar-refractivity contribution in [2.24, 2.45) is 5.92 Å². The van der Waals surface area contributed by atoms with Crippen LogP contribution in [-0.2, 0) is 11.3 Å². The second kappa shape index (κ2) is 6.11. The van der Waals surface area contributed by atoms with E-state index in [2.05, 4.69) is 15.6 Å². The lowest BCUT2D eigenvalue weighted by atomic mass is 9.79. The molecule has 6 nitrogen and oxygen atoms in total. The molecular formula is C19H22N4O2. The molecule has 2 aromatic rings. The zero-order valence-corrected chi connectivity index (χ0v) is 14.3. The second-order valence-electron chi connectivity index (χ2n) is 7.04. The van der Waals surface area contributed by atoms with Crippen LogP contribution in [0.3, 0.4) is 0 Å². The van der Waals surface area contributed by atoms with Gasteiger partial charge in [0.05, 0.1) is 12.1 Å². The van der Waals surface area contributed by atoms with Gasteiger partial charge in [0, 0.05) is 11.6 Å². The molecule has 0 spiro atoms. The first-order valence-corrected chi connectivity index (χ1v) is 8.77. The molecule has 2 saturated heterocycles. The lowest BCUT2D eigenvalue weighted by molar-refractivity contribution is -0.133. The average Bonchev–Trinajstić information content (AvgIpc) is 2.87. The number of piperidine rings is 1. The number of carbonyl (C=O) groups is 2. The lowest BCUT2D eigenvalue weighted by Crippen LogP contribution is -2.53. The Labute approximate surface area is 146 Å². The van der Waals surface area contributed by atoms with Gasteiger partial charge in [-0.25, -0.2) is 4.79 Å². The van der Waals surface area contributed by atoms with Crippen LogP contribution >= 0.6 is 0 Å². The first kappa shape index (κ1) is 16.0. The molecule has 2 fully saturated rings. The van der Waals surface area contributed by atoms with E-state index >= 15 is 0 Å². The smallest absolute Gasteiger partial charge is 0.323 e. The summed E-state index contributed by atoms with van der Waals surface area (Å²) in [5, 5.41) is 7.27. The first-order chi connectivity index (χ1) is 12.1. The number of nitrogens with one attached hydrogen (secondary N) is 2. The van der Waals surface area contributed by atoms with Gasteiger partial charge in [0.1, 0.15) is 5.54 Å². The van der Waals surface area contributed by atoms with Crippen molar-refractivity contribution in [1.29, 1.82) is 0 Å². The maximum absolute atomic E-state index is 13.1. The Morgan fingerprint density at radius 1 is 1.20 bits per heavy atom. The van der Waals surface area contributed by atoms with Gasteiger partial charge in [-0.05, 0) is 50.4 Å². The van der Waals surface area contributed by atoms with Crippen LogP contribution in [0.15, 0.2) is 36.5 Å². The van der Waals surface area contributed by atoms with Crippen LogP contribution in [0.1, 0.15) is 25.3 Å². The molecule has 0 radical (unpaired) electrons. The number of hydrogen-bond acceptors (Lipinski definition) is 4. The molecule has 0 unspecified atom stereocenters. The van der Waals surface area contributed by atoms with E-state index in [1.54, 1.807) is 6.20 Å². The van der Waals surface area contributed by atoms with E-state index < -0.39 is 5.54 Å². The highest BCUT2D eigenvalue weighted by atomic mass is 16.2. The zero-order chi connectivity index (χ0) is 17.4. The summed E-state index contributed by atoms with van der Waals surface area (Å²) < 4.78 is 0. The second-order valence-corrected chi connectivity index (χ2v) is 7.04. The molecule has 0 saturated carbocycles. The fourth-order valence-corrected chi connectivity index (χ4v) is 4.00. The number of para-hydroxylation sites is 1. The molecule has 1 atom stereocenters. The molecule has 25 heavy (non-hydrogen) atoms. The number of urea groups is 1. The molecule has 2 N–H and O–H groups in total. The molecule has 2 aliphatic rings. The molecule has 130 valence electrons. The highest BCUT2D eigenvalue weighted by Gasteiger charge is 2.52. The highest BCUT2D eigenvalue weighted by molar-refractivity contribution is 6.07. The van der Waals surface area contributed by atoms with Gasteiger partial charge in [-0.3, -0.25) is 14.7 Å². The van der Waals surface area contributed by atoms with Crippen molar-refractivity contribution in [2.45, 2.75) is 31.8 Å². The van der Waals surface area contributed by atoms with E-state index in [0.717, 1.165) is 42.4 Å². The van der Waals surface area contributed by atoms with E-state index in [1.165, 1.54) is 4.90 Å². The molecule has 2 aliphatic heterocycles. The van der Waals surface area contributed by atoms with E-state index in [9.17, 15) is 9.59 Å². The molecule has 3 amide bonds. The van der Waals surface area contributed by atoms with Crippen molar-refractivity contribution in [3.8, 4) is 0 Å². The largest absolute Gasteiger partial charge is 0.325 e. The van der Waals surface area contributed by atoms with E-state index in [4.69, 9.17) is 0 Å². The average molecular weight is 338 g/mol. The minimum atomic E-state index is -0.808. The van der Waals surface area contributed by atoms with Crippen molar-refractivity contribution < 1.29 is 9.59 Å². The lowest BCUT2D eigenvalue weighted by Gasteiger charge is -2.34. The van der Waals surface area contributed by atoms with Gasteiger partial charge in [-0.15, -0.1) is 0 Å². The zero-order valence-electron chi connectivity index (χ0n) is 14.3. The van der Waals surface area contributed by atoms with Crippen LogP contribution in [0.2, 0.25) is 0 Å². The molecule has 1 aromatic carbocycles. The van der Waals surface area contributed by atoms with E-state index in [-0.39, 0.29) is 24.4 Å². The van der Waals surface area contributed by atoms with E-state index in [0.29, 0.717) is 0 Å². The van der Waals surface area contributed by atoms with Crippen molar-refractivity contribution in [1.82, 2.24) is 20.5 Å². The van der Waals surface area contributed by atoms with Crippen LogP contribution in [0.25, 0.3) is 10.9 Å². The van der Waals surface area contributed by atoms with Crippen LogP contribution in [0.4, 0.5) is 4.79 Å². The summed E-state index contributed by atoms with van der Waals surface area (Å²) in [6, 6.07) is 9.40. The monoisotopic (exact) mass is 338 g/mol. The SMILES string of the molecule is C[C@]1(C2CCNCC2)NC(=O)N(Cc2cccc3cccnc23)C1=O. The summed E-state index contributed by atoms with van der Waals surface area (Å²) in [5.74, 6) is 0.0400. The summed E-state index contributed by atoms with van der Waals surface area (Å²) in [4.78, 5) is 31.4. The Morgan fingerprint density at radius 3 is 2.76 bits per heavy atom. The summed E-state index contributed by atoms with van der Waals surface area (Å²) in [7, 11) is 0. The number of benzene rings is 1. The van der Waals surface area contributed by atoms with Crippen LogP contribution in [0.5, 0.6) is 0 Å². The molecular weight excluding hydrogens is 316 g/mol. The Morgan fingerprint density at radius 2 is 1.96 bits per heavy atom. The third-order valence-electron chi connectivity index (χ3n) is 5.50. The van der Waals surface area contributed by atoms with Gasteiger partial charge in [0.15, 0.2) is 0 Å². The number of amides is 3. The topological polar surface area (TPSA) is 74.3 Å². The van der Waals surface area contributed by atoms with Crippen molar-refractivity contribution in [3.05, 3.63) is 42.1 Å². The maximum Gasteiger partial charge on any atom is 0.325 e. The molecule has 4 rings (SSSR count). The van der Waals surface area contributed by atoms with Gasteiger partial charge >= 0.3 is 6.03 Å². The molecule has 3 heterocycles. The Hall–Kier alpha value is -2.47. The fourth-order valence-electron chi connectivity index (χ4n) is 4.00. The highest BCUT2D eigenvalue weighted by Crippen LogP contribution is 2.32. The maximum atomic E-state index is 13.1. The summed E-state index contributed by atoms with van der Waals surface area (Å²) in [6.07, 6.45) is 3.52. The summed E-state index contributed by atoms with van der Waals surface area (Å²) in [5.41, 5.74) is 0.911. The third-order valence-corrected chi connectivity index (χ3v) is 5.50. The first-order valence-electron chi connectivity index (χ1n) is 8.77. The number of nitrogens with zero attached hydrogens (tertiary/aromatic N) is 2. The van der Waals surface area contributed by atoms with Gasteiger partial charge in [0.25, 0.3) is 5.91 Å². The number of aromatic nitrogens is 1. The van der Waals surface area contributed by atoms with Gasteiger partial charge in [-0.1, -0.05) is 24.3 Å². The summed E-state index contributed by atoms with van der Waals surface area (Å²) in [6.45, 7) is 3.89. The predicted molar refractivity (Wildman–Crippen MR) is 94.8 cm³/mol. The number of rotatable bonds is 3. The number of imide groups is 1. The predicted octanol–water partition coefficient (Wildman–Crippen LogP) is 2.04. The molecule has 1 aromatic heterocycles. The fraction of sp³-hybridized carbons (Fsp3) is 0.421. The standard InChI is InChI=1S/C19H22N4O2/c1-19(15-7-10-20-11-8-15)17(24)23(18(25)22-19)12-14-5-2-4-13-6-3-9-21-16(13)14/h2-6,9,15,20H,7-8,10-12H2,1H3,(H,22,25)/t19-/m1/s1. The molecule has 0 aliphatic carbocycles. The van der Waals surface area contributed by atoms with Crippen LogP contribution < -0.4 is 10.6 Å². The Kier molecular flexibility index (Phi) is 3.92. The Bertz CT molecular complexity index is 826. The van der Waals surface area contributed by atoms with Crippen molar-refractivity contribution in [2.75, 3.05) is 13.1 Å². The third kappa shape index (κ3) is 2.66. The number of pyridine rings is 1. The Balaban J connectivity index is 1.62. The number of carbonyl (C=O) groups excluding carboxylic acids is 2. The molecule has 6 heteroatoms. The molecule has 0 bridgehead atoms. The normalized spacial score (nSPS) is 24.8. The van der Waals surface area contributed by atoms with Gasteiger partial charge < -0.3 is 10.6 Å². The van der Waals surface area contributed by atoms with Crippen LogP contribution in [-0.4, -0.2) is 40.5 Å². The van der Waals surface area contributed by atoms with E-state index in [1.807, 2.05) is 37.3 Å². The van der Waals surface area contributed by atoms with Crippen molar-refractivity contribution in [3.63, 3.8) is 0 Å². The number of fused-ring (bicyclic) bond motifs is 1. The number of hydrogen-bond donors (Lipinski definition) is 2. The van der Waals surface area contributed by atoms with Gasteiger partial charge in [-0.2, -0.15) is 0 Å². The quantitative estimate of drug-likeness (QED) is 0.840. The summed E-state index contributed by atoms with van der Waals surface area (Å²) >= 11 is 0. The van der Waals surface area contributed by atoms with Crippen LogP contribution in [0, 0.1) is 5.92 Å².